The molecule has 0 bridgehead atoms. The van der Waals surface area contributed by atoms with Crippen LogP contribution in [0, 0.1) is 5.92 Å². The second kappa shape index (κ2) is 7.91. The summed E-state index contributed by atoms with van der Waals surface area (Å²) >= 11 is 0. The Labute approximate surface area is 126 Å². The lowest BCUT2D eigenvalue weighted by molar-refractivity contribution is -0.124. The van der Waals surface area contributed by atoms with Gasteiger partial charge in [0.15, 0.2) is 11.5 Å². The Morgan fingerprint density at radius 3 is 2.48 bits per heavy atom. The predicted molar refractivity (Wildman–Crippen MR) is 81.2 cm³/mol. The summed E-state index contributed by atoms with van der Waals surface area (Å²) in [4.78, 5) is 12.1. The molecule has 0 unspecified atom stereocenters. The van der Waals surface area contributed by atoms with Gasteiger partial charge in [-0.25, -0.2) is 0 Å². The predicted octanol–water partition coefficient (Wildman–Crippen LogP) is 3.62. The Hall–Kier alpha value is -1.71. The molecule has 0 aromatic heterocycles. The number of methoxy groups -OCH3 is 2. The summed E-state index contributed by atoms with van der Waals surface area (Å²) in [6, 6.07) is 5.49. The van der Waals surface area contributed by atoms with Crippen molar-refractivity contribution in [1.29, 1.82) is 0 Å². The maximum Gasteiger partial charge on any atom is 0.203 e. The van der Waals surface area contributed by atoms with Crippen LogP contribution < -0.4 is 14.2 Å². The van der Waals surface area contributed by atoms with E-state index in [9.17, 15) is 4.79 Å². The number of carbonyl (C=O) groups excluding carboxylic acids is 1. The summed E-state index contributed by atoms with van der Waals surface area (Å²) in [6.07, 6.45) is 6.18. The van der Waals surface area contributed by atoms with Gasteiger partial charge in [-0.2, -0.15) is 0 Å². The van der Waals surface area contributed by atoms with Gasteiger partial charge < -0.3 is 14.2 Å². The van der Waals surface area contributed by atoms with E-state index in [0.29, 0.717) is 36.1 Å². The average Bonchev–Trinajstić information content (AvgIpc) is 2.55. The summed E-state index contributed by atoms with van der Waals surface area (Å²) in [5, 5.41) is 0. The first-order valence-electron chi connectivity index (χ1n) is 7.62. The van der Waals surface area contributed by atoms with Crippen molar-refractivity contribution in [1.82, 2.24) is 0 Å². The van der Waals surface area contributed by atoms with Gasteiger partial charge in [0.05, 0.1) is 20.8 Å². The standard InChI is InChI=1S/C17H24O4/c1-19-15-9-6-10-16(17(15)20-2)21-12-11-14(18)13-7-4-3-5-8-13/h6,9-10,13H,3-5,7-8,11-12H2,1-2H3. The molecule has 1 saturated carbocycles. The summed E-state index contributed by atoms with van der Waals surface area (Å²) in [5.74, 6) is 2.40. The van der Waals surface area contributed by atoms with Crippen LogP contribution in [0.1, 0.15) is 38.5 Å². The lowest BCUT2D eigenvalue weighted by atomic mass is 9.85. The first kappa shape index (κ1) is 15.7. The topological polar surface area (TPSA) is 44.8 Å². The number of para-hydroxylation sites is 1. The summed E-state index contributed by atoms with van der Waals surface area (Å²) < 4.78 is 16.2. The molecular formula is C17H24O4. The molecule has 0 spiro atoms. The second-order valence-corrected chi connectivity index (χ2v) is 5.39. The van der Waals surface area contributed by atoms with Gasteiger partial charge in [0.1, 0.15) is 5.78 Å². The van der Waals surface area contributed by atoms with Crippen molar-refractivity contribution in [3.05, 3.63) is 18.2 Å². The number of ketones is 1. The Morgan fingerprint density at radius 1 is 1.10 bits per heavy atom. The zero-order valence-corrected chi connectivity index (χ0v) is 12.9. The van der Waals surface area contributed by atoms with Gasteiger partial charge in [0, 0.05) is 12.3 Å². The highest BCUT2D eigenvalue weighted by Crippen LogP contribution is 2.36. The third kappa shape index (κ3) is 4.13. The fraction of sp³-hybridized carbons (Fsp3) is 0.588. The minimum atomic E-state index is 0.245. The molecule has 0 saturated heterocycles. The third-order valence-electron chi connectivity index (χ3n) is 4.03. The maximum absolute atomic E-state index is 12.1. The molecule has 4 heteroatoms. The number of benzene rings is 1. The number of hydrogen-bond donors (Lipinski definition) is 0. The van der Waals surface area contributed by atoms with Crippen LogP contribution in [0.2, 0.25) is 0 Å². The largest absolute Gasteiger partial charge is 0.493 e. The van der Waals surface area contributed by atoms with Crippen LogP contribution in [0.4, 0.5) is 0 Å². The Balaban J connectivity index is 1.87. The van der Waals surface area contributed by atoms with Crippen molar-refractivity contribution >= 4 is 5.78 Å². The highest BCUT2D eigenvalue weighted by Gasteiger charge is 2.21. The van der Waals surface area contributed by atoms with Crippen molar-refractivity contribution in [2.24, 2.45) is 5.92 Å². The number of hydrogen-bond acceptors (Lipinski definition) is 4. The average molecular weight is 292 g/mol. The number of ether oxygens (including phenoxy) is 3. The van der Waals surface area contributed by atoms with E-state index in [4.69, 9.17) is 14.2 Å². The molecule has 1 aliphatic carbocycles. The normalized spacial score (nSPS) is 15.5. The van der Waals surface area contributed by atoms with Crippen LogP contribution in [-0.4, -0.2) is 26.6 Å². The van der Waals surface area contributed by atoms with E-state index in [1.807, 2.05) is 18.2 Å². The molecular weight excluding hydrogens is 268 g/mol. The quantitative estimate of drug-likeness (QED) is 0.770. The molecule has 21 heavy (non-hydrogen) atoms. The van der Waals surface area contributed by atoms with Gasteiger partial charge >= 0.3 is 0 Å². The van der Waals surface area contributed by atoms with E-state index in [1.165, 1.54) is 19.3 Å². The Morgan fingerprint density at radius 2 is 1.81 bits per heavy atom. The third-order valence-corrected chi connectivity index (χ3v) is 4.03. The Kier molecular flexibility index (Phi) is 5.90. The zero-order valence-electron chi connectivity index (χ0n) is 12.9. The molecule has 2 rings (SSSR count). The van der Waals surface area contributed by atoms with Gasteiger partial charge in [0.25, 0.3) is 0 Å². The smallest absolute Gasteiger partial charge is 0.203 e. The molecule has 1 aromatic carbocycles. The SMILES string of the molecule is COc1cccc(OCCC(=O)C2CCCCC2)c1OC. The van der Waals surface area contributed by atoms with Crippen LogP contribution in [0.25, 0.3) is 0 Å². The molecule has 0 radical (unpaired) electrons. The summed E-state index contributed by atoms with van der Waals surface area (Å²) in [7, 11) is 3.17. The minimum absolute atomic E-state index is 0.245. The van der Waals surface area contributed by atoms with Gasteiger partial charge in [-0.15, -0.1) is 0 Å². The molecule has 1 aromatic rings. The van der Waals surface area contributed by atoms with E-state index < -0.39 is 0 Å². The monoisotopic (exact) mass is 292 g/mol. The van der Waals surface area contributed by atoms with Gasteiger partial charge in [-0.3, -0.25) is 4.79 Å². The van der Waals surface area contributed by atoms with Gasteiger partial charge in [0.2, 0.25) is 5.75 Å². The zero-order chi connectivity index (χ0) is 15.1. The number of Topliss-reactive ketones (excluding diaryl/α,β-unsaturated/α-hetero) is 1. The molecule has 0 amide bonds. The highest BCUT2D eigenvalue weighted by molar-refractivity contribution is 5.81. The van der Waals surface area contributed by atoms with E-state index in [-0.39, 0.29) is 5.92 Å². The van der Waals surface area contributed by atoms with E-state index in [0.717, 1.165) is 12.8 Å². The van der Waals surface area contributed by atoms with Crippen molar-refractivity contribution in [3.63, 3.8) is 0 Å². The molecule has 1 aliphatic rings. The van der Waals surface area contributed by atoms with Crippen LogP contribution in [0.15, 0.2) is 18.2 Å². The van der Waals surface area contributed by atoms with Gasteiger partial charge in [-0.05, 0) is 25.0 Å². The van der Waals surface area contributed by atoms with Crippen molar-refractivity contribution < 1.29 is 19.0 Å². The second-order valence-electron chi connectivity index (χ2n) is 5.39. The number of carbonyl (C=O) groups is 1. The highest BCUT2D eigenvalue weighted by atomic mass is 16.5. The van der Waals surface area contributed by atoms with E-state index >= 15 is 0 Å². The maximum atomic E-state index is 12.1. The van der Waals surface area contributed by atoms with Crippen LogP contribution in [-0.2, 0) is 4.79 Å². The minimum Gasteiger partial charge on any atom is -0.493 e. The van der Waals surface area contributed by atoms with Crippen molar-refractivity contribution in [2.75, 3.05) is 20.8 Å². The fourth-order valence-corrected chi connectivity index (χ4v) is 2.86. The molecule has 116 valence electrons. The first-order valence-corrected chi connectivity index (χ1v) is 7.62. The first-order chi connectivity index (χ1) is 10.3. The van der Waals surface area contributed by atoms with E-state index in [2.05, 4.69) is 0 Å². The molecule has 0 atom stereocenters. The lowest BCUT2D eigenvalue weighted by Gasteiger charge is -2.20. The Bertz CT molecular complexity index is 464. The summed E-state index contributed by atoms with van der Waals surface area (Å²) in [6.45, 7) is 0.388. The molecule has 0 N–H and O–H groups in total. The fourth-order valence-electron chi connectivity index (χ4n) is 2.86. The van der Waals surface area contributed by atoms with Crippen molar-refractivity contribution in [3.8, 4) is 17.2 Å². The lowest BCUT2D eigenvalue weighted by Crippen LogP contribution is -2.19. The van der Waals surface area contributed by atoms with Crippen LogP contribution >= 0.6 is 0 Å². The number of rotatable bonds is 7. The van der Waals surface area contributed by atoms with Crippen molar-refractivity contribution in [2.45, 2.75) is 38.5 Å². The molecule has 1 fully saturated rings. The molecule has 4 nitrogen and oxygen atoms in total. The summed E-state index contributed by atoms with van der Waals surface area (Å²) in [5.41, 5.74) is 0. The molecule has 0 heterocycles. The van der Waals surface area contributed by atoms with Gasteiger partial charge in [-0.1, -0.05) is 25.3 Å². The van der Waals surface area contributed by atoms with E-state index in [1.54, 1.807) is 14.2 Å². The van der Waals surface area contributed by atoms with Crippen LogP contribution in [0.3, 0.4) is 0 Å². The van der Waals surface area contributed by atoms with Crippen LogP contribution in [0.5, 0.6) is 17.2 Å². The molecule has 0 aliphatic heterocycles.